The van der Waals surface area contributed by atoms with Crippen LogP contribution < -0.4 is 0 Å². The average molecular weight is 566 g/mol. The van der Waals surface area contributed by atoms with Crippen LogP contribution in [0.15, 0.2) is 12.7 Å². The van der Waals surface area contributed by atoms with Crippen molar-refractivity contribution >= 4 is 78.2 Å². The Morgan fingerprint density at radius 1 is 0.917 bits per heavy atom. The summed E-state index contributed by atoms with van der Waals surface area (Å²) in [6, 6.07) is 0. The van der Waals surface area contributed by atoms with Crippen LogP contribution in [-0.4, -0.2) is 43.6 Å². The number of aryl methyl sites for hydroxylation is 2. The first-order chi connectivity index (χ1) is 17.4. The number of carbonyl (C=O) groups is 2. The number of fused-ring (bicyclic) bond motifs is 6. The first kappa shape index (κ1) is 25.3. The summed E-state index contributed by atoms with van der Waals surface area (Å²) >= 11 is 15.4. The molecule has 36 heavy (non-hydrogen) atoms. The molecule has 6 rings (SSSR count). The molecule has 8 nitrogen and oxygen atoms in total. The zero-order valence-electron chi connectivity index (χ0n) is 19.3. The van der Waals surface area contributed by atoms with Gasteiger partial charge < -0.3 is 9.84 Å². The molecule has 2 aliphatic carbocycles. The molecule has 4 aromatic heterocycles. The molecule has 2 aliphatic rings. The maximum Gasteiger partial charge on any atom is 0.309 e. The van der Waals surface area contributed by atoms with Gasteiger partial charge in [0.25, 0.3) is 0 Å². The molecule has 0 bridgehead atoms. The fraction of sp³-hybridized carbons (Fsp3) is 0.417. The van der Waals surface area contributed by atoms with Gasteiger partial charge in [0.1, 0.15) is 32.6 Å². The largest absolute Gasteiger partial charge is 0.481 e. The zero-order valence-corrected chi connectivity index (χ0v) is 22.4. The average Bonchev–Trinajstić information content (AvgIpc) is 3.43. The molecule has 1 N–H and O–H groups in total. The molecular weight excluding hydrogens is 543 g/mol. The van der Waals surface area contributed by atoms with Crippen LogP contribution in [-0.2, 0) is 40.0 Å². The van der Waals surface area contributed by atoms with Crippen LogP contribution in [0.2, 0.25) is 10.3 Å². The molecule has 0 saturated carbocycles. The summed E-state index contributed by atoms with van der Waals surface area (Å²) in [5.41, 5.74) is 2.36. The number of carbonyl (C=O) groups excluding carboxylic acids is 1. The highest BCUT2D eigenvalue weighted by Gasteiger charge is 2.30. The number of rotatable bonds is 3. The second-order valence-corrected chi connectivity index (χ2v) is 11.5. The summed E-state index contributed by atoms with van der Waals surface area (Å²) in [4.78, 5) is 43.4. The maximum atomic E-state index is 11.8. The Bertz CT molecular complexity index is 1470. The van der Waals surface area contributed by atoms with Gasteiger partial charge in [-0.3, -0.25) is 9.59 Å². The minimum atomic E-state index is -0.717. The van der Waals surface area contributed by atoms with Gasteiger partial charge in [-0.1, -0.05) is 23.2 Å². The summed E-state index contributed by atoms with van der Waals surface area (Å²) < 4.78 is 5.11. The molecule has 0 amide bonds. The number of halogens is 2. The van der Waals surface area contributed by atoms with Crippen LogP contribution >= 0.6 is 45.9 Å². The van der Waals surface area contributed by atoms with E-state index in [1.165, 1.54) is 34.4 Å². The third-order valence-electron chi connectivity index (χ3n) is 6.57. The SMILES string of the molecule is CCOC(=O)C1CCc2c(sc3ncnc(Cl)c23)C1.O=C(O)C1CCc2c(sc3ncnc(Cl)c23)C1. The van der Waals surface area contributed by atoms with Crippen molar-refractivity contribution in [2.75, 3.05) is 6.61 Å². The smallest absolute Gasteiger partial charge is 0.309 e. The Kier molecular flexibility index (Phi) is 7.39. The molecule has 4 aromatic rings. The molecule has 0 aliphatic heterocycles. The summed E-state index contributed by atoms with van der Waals surface area (Å²) in [5, 5.41) is 11.9. The minimum Gasteiger partial charge on any atom is -0.481 e. The third kappa shape index (κ3) is 4.79. The van der Waals surface area contributed by atoms with Gasteiger partial charge in [-0.25, -0.2) is 19.9 Å². The Labute approximate surface area is 224 Å². The predicted molar refractivity (Wildman–Crippen MR) is 140 cm³/mol. The minimum absolute atomic E-state index is 0.0350. The molecule has 0 spiro atoms. The van der Waals surface area contributed by atoms with Crippen LogP contribution in [0.4, 0.5) is 0 Å². The van der Waals surface area contributed by atoms with Crippen molar-refractivity contribution in [3.8, 4) is 0 Å². The van der Waals surface area contributed by atoms with Gasteiger partial charge in [-0.2, -0.15) is 0 Å². The molecule has 4 heterocycles. The van der Waals surface area contributed by atoms with Crippen molar-refractivity contribution in [1.82, 2.24) is 19.9 Å². The van der Waals surface area contributed by atoms with E-state index in [-0.39, 0.29) is 17.8 Å². The van der Waals surface area contributed by atoms with Crippen molar-refractivity contribution in [3.63, 3.8) is 0 Å². The molecule has 188 valence electrons. The van der Waals surface area contributed by atoms with E-state index in [4.69, 9.17) is 33.0 Å². The maximum absolute atomic E-state index is 11.8. The van der Waals surface area contributed by atoms with Gasteiger partial charge in [0.2, 0.25) is 0 Å². The van der Waals surface area contributed by atoms with E-state index in [1.54, 1.807) is 11.3 Å². The van der Waals surface area contributed by atoms with Crippen molar-refractivity contribution < 1.29 is 19.4 Å². The van der Waals surface area contributed by atoms with Crippen LogP contribution in [0.3, 0.4) is 0 Å². The van der Waals surface area contributed by atoms with Crippen molar-refractivity contribution in [2.45, 2.75) is 45.4 Å². The topological polar surface area (TPSA) is 115 Å². The van der Waals surface area contributed by atoms with Crippen molar-refractivity contribution in [2.24, 2.45) is 11.8 Å². The lowest BCUT2D eigenvalue weighted by atomic mass is 9.88. The van der Waals surface area contributed by atoms with Crippen molar-refractivity contribution in [3.05, 3.63) is 43.8 Å². The number of aliphatic carboxylic acids is 1. The number of aromatic nitrogens is 4. The number of esters is 1. The van der Waals surface area contributed by atoms with E-state index in [1.807, 2.05) is 6.92 Å². The summed E-state index contributed by atoms with van der Waals surface area (Å²) in [7, 11) is 0. The summed E-state index contributed by atoms with van der Waals surface area (Å²) in [6.07, 6.45) is 7.30. The Morgan fingerprint density at radius 3 is 1.92 bits per heavy atom. The van der Waals surface area contributed by atoms with Crippen LogP contribution in [0.25, 0.3) is 20.4 Å². The standard InChI is InChI=1S/C13H13ClN2O2S.C11H9ClN2O2S/c1-2-18-13(17)7-3-4-8-9(5-7)19-12-10(8)11(14)15-6-16-12;12-9-8-6-2-1-5(11(15)16)3-7(6)17-10(8)14-4-13-9/h6-7H,2-5H2,1H3;4-5H,1-3H2,(H,15,16). The normalized spacial score (nSPS) is 18.8. The monoisotopic (exact) mass is 564 g/mol. The molecule has 2 atom stereocenters. The van der Waals surface area contributed by atoms with E-state index in [0.717, 1.165) is 56.6 Å². The molecule has 0 aromatic carbocycles. The first-order valence-electron chi connectivity index (χ1n) is 11.6. The van der Waals surface area contributed by atoms with Crippen LogP contribution in [0.5, 0.6) is 0 Å². The number of ether oxygens (including phenoxy) is 1. The fourth-order valence-electron chi connectivity index (χ4n) is 4.82. The third-order valence-corrected chi connectivity index (χ3v) is 9.47. The highest BCUT2D eigenvalue weighted by Crippen LogP contribution is 2.40. The van der Waals surface area contributed by atoms with Gasteiger partial charge >= 0.3 is 11.9 Å². The number of thiophene rings is 2. The second-order valence-electron chi connectivity index (χ2n) is 8.67. The van der Waals surface area contributed by atoms with Gasteiger partial charge in [0.15, 0.2) is 0 Å². The molecule has 0 fully saturated rings. The Balaban J connectivity index is 0.000000149. The number of hydrogen-bond donors (Lipinski definition) is 1. The van der Waals surface area contributed by atoms with E-state index in [9.17, 15) is 9.59 Å². The van der Waals surface area contributed by atoms with Gasteiger partial charge in [-0.05, 0) is 56.6 Å². The lowest BCUT2D eigenvalue weighted by molar-refractivity contribution is -0.148. The fourth-order valence-corrected chi connectivity index (χ4v) is 7.96. The second kappa shape index (κ2) is 10.5. The lowest BCUT2D eigenvalue weighted by Gasteiger charge is -2.20. The lowest BCUT2D eigenvalue weighted by Crippen LogP contribution is -2.23. The number of nitrogens with zero attached hydrogens (tertiary/aromatic N) is 4. The number of hydrogen-bond acceptors (Lipinski definition) is 9. The number of carboxylic acid groups (broad SMARTS) is 1. The quantitative estimate of drug-likeness (QED) is 0.254. The van der Waals surface area contributed by atoms with Crippen LogP contribution in [0, 0.1) is 11.8 Å². The van der Waals surface area contributed by atoms with Crippen molar-refractivity contribution in [1.29, 1.82) is 0 Å². The van der Waals surface area contributed by atoms with Gasteiger partial charge in [0, 0.05) is 9.75 Å². The van der Waals surface area contributed by atoms with E-state index in [2.05, 4.69) is 19.9 Å². The molecule has 0 saturated heterocycles. The molecular formula is C24H22Cl2N4O4S2. The Hall–Kier alpha value is -2.40. The molecule has 2 unspecified atom stereocenters. The first-order valence-corrected chi connectivity index (χ1v) is 14.0. The highest BCUT2D eigenvalue weighted by atomic mass is 35.5. The van der Waals surface area contributed by atoms with E-state index < -0.39 is 5.97 Å². The molecule has 12 heteroatoms. The van der Waals surface area contributed by atoms with Gasteiger partial charge in [0.05, 0.1) is 29.2 Å². The molecule has 0 radical (unpaired) electrons. The highest BCUT2D eigenvalue weighted by molar-refractivity contribution is 7.19. The van der Waals surface area contributed by atoms with Gasteiger partial charge in [-0.15, -0.1) is 22.7 Å². The summed E-state index contributed by atoms with van der Waals surface area (Å²) in [6.45, 7) is 2.27. The zero-order chi connectivity index (χ0) is 25.4. The predicted octanol–water partition coefficient (Wildman–Crippen LogP) is 5.55. The van der Waals surface area contributed by atoms with E-state index >= 15 is 0 Å². The Morgan fingerprint density at radius 2 is 1.42 bits per heavy atom. The number of carboxylic acids is 1. The van der Waals surface area contributed by atoms with Crippen LogP contribution in [0.1, 0.15) is 40.6 Å². The van der Waals surface area contributed by atoms with E-state index in [0.29, 0.717) is 29.8 Å². The summed E-state index contributed by atoms with van der Waals surface area (Å²) in [5.74, 6) is -1.12.